The molecule has 0 spiro atoms. The smallest absolute Gasteiger partial charge is 0.407 e. The second-order valence-electron chi connectivity index (χ2n) is 7.82. The molecule has 0 aliphatic rings. The Balaban J connectivity index is 1.69. The number of hydrogen-bond acceptors (Lipinski definition) is 7. The minimum Gasteiger partial charge on any atom is -0.492 e. The van der Waals surface area contributed by atoms with Gasteiger partial charge in [-0.25, -0.2) is 9.78 Å². The van der Waals surface area contributed by atoms with E-state index >= 15 is 0 Å². The number of amides is 2. The van der Waals surface area contributed by atoms with Crippen molar-refractivity contribution < 1.29 is 19.1 Å². The number of aryl methyl sites for hydroxylation is 1. The molecule has 0 unspecified atom stereocenters. The van der Waals surface area contributed by atoms with Crippen molar-refractivity contribution in [2.24, 2.45) is 0 Å². The molecule has 2 N–H and O–H groups in total. The number of ether oxygens (including phenoxy) is 2. The molecule has 0 saturated heterocycles. The van der Waals surface area contributed by atoms with E-state index in [0.717, 1.165) is 11.1 Å². The molecule has 0 saturated carbocycles. The zero-order chi connectivity index (χ0) is 22.4. The van der Waals surface area contributed by atoms with Crippen molar-refractivity contribution in [1.82, 2.24) is 20.3 Å². The third-order valence-electron chi connectivity index (χ3n) is 3.98. The van der Waals surface area contributed by atoms with Crippen LogP contribution in [0.2, 0.25) is 0 Å². The number of nitrogens with zero attached hydrogens (tertiary/aromatic N) is 3. The molecule has 31 heavy (non-hydrogen) atoms. The first-order valence-corrected chi connectivity index (χ1v) is 9.80. The van der Waals surface area contributed by atoms with Gasteiger partial charge in [-0.15, -0.1) is 0 Å². The standard InChI is InChI=1S/C22H25N5O4/c1-14-12-26-18(13-25-14)20(28)27-17-11-16(10-15-6-5-7-23-19(15)17)30-9-8-24-21(29)31-22(2,3)4/h5-7,10-13H,8-9H2,1-4H3,(H,24,29)(H,27,28). The summed E-state index contributed by atoms with van der Waals surface area (Å²) in [5, 5.41) is 6.25. The van der Waals surface area contributed by atoms with Crippen molar-refractivity contribution in [2.75, 3.05) is 18.5 Å². The van der Waals surface area contributed by atoms with E-state index in [1.54, 1.807) is 46.0 Å². The van der Waals surface area contributed by atoms with Gasteiger partial charge in [0.15, 0.2) is 0 Å². The Bertz CT molecular complexity index is 1080. The molecule has 0 atom stereocenters. The molecule has 2 aromatic heterocycles. The highest BCUT2D eigenvalue weighted by molar-refractivity contribution is 6.07. The molecule has 162 valence electrons. The Morgan fingerprint density at radius 3 is 2.61 bits per heavy atom. The van der Waals surface area contributed by atoms with E-state index in [1.165, 1.54) is 12.4 Å². The van der Waals surface area contributed by atoms with Crippen LogP contribution in [0.1, 0.15) is 37.0 Å². The summed E-state index contributed by atoms with van der Waals surface area (Å²) in [4.78, 5) is 36.9. The molecular formula is C22H25N5O4. The van der Waals surface area contributed by atoms with Crippen LogP contribution in [-0.4, -0.2) is 45.7 Å². The number of anilines is 1. The van der Waals surface area contributed by atoms with E-state index in [1.807, 2.05) is 12.1 Å². The quantitative estimate of drug-likeness (QED) is 0.583. The molecule has 9 heteroatoms. The van der Waals surface area contributed by atoms with E-state index in [-0.39, 0.29) is 18.8 Å². The van der Waals surface area contributed by atoms with Gasteiger partial charge in [-0.3, -0.25) is 14.8 Å². The Kier molecular flexibility index (Phi) is 6.64. The van der Waals surface area contributed by atoms with E-state index in [2.05, 4.69) is 25.6 Å². The Morgan fingerprint density at radius 1 is 1.10 bits per heavy atom. The molecule has 0 aliphatic carbocycles. The van der Waals surface area contributed by atoms with Gasteiger partial charge >= 0.3 is 6.09 Å². The van der Waals surface area contributed by atoms with Crippen molar-refractivity contribution >= 4 is 28.6 Å². The highest BCUT2D eigenvalue weighted by Gasteiger charge is 2.16. The SMILES string of the molecule is Cc1cnc(C(=O)Nc2cc(OCCNC(=O)OC(C)(C)C)cc3cccnc23)cn1. The maximum atomic E-state index is 12.6. The monoisotopic (exact) mass is 423 g/mol. The predicted octanol–water partition coefficient (Wildman–Crippen LogP) is 3.49. The van der Waals surface area contributed by atoms with E-state index in [0.29, 0.717) is 17.0 Å². The van der Waals surface area contributed by atoms with Crippen LogP contribution in [0.4, 0.5) is 10.5 Å². The fourth-order valence-corrected chi connectivity index (χ4v) is 2.68. The number of hydrogen-bond donors (Lipinski definition) is 2. The normalized spacial score (nSPS) is 11.1. The molecule has 9 nitrogen and oxygen atoms in total. The second-order valence-corrected chi connectivity index (χ2v) is 7.82. The van der Waals surface area contributed by atoms with Crippen LogP contribution in [0.5, 0.6) is 5.75 Å². The van der Waals surface area contributed by atoms with Crippen molar-refractivity contribution in [1.29, 1.82) is 0 Å². The van der Waals surface area contributed by atoms with Crippen LogP contribution in [-0.2, 0) is 4.74 Å². The van der Waals surface area contributed by atoms with Gasteiger partial charge in [-0.2, -0.15) is 0 Å². The maximum absolute atomic E-state index is 12.6. The van der Waals surface area contributed by atoms with Crippen LogP contribution in [0.15, 0.2) is 42.9 Å². The number of benzene rings is 1. The number of carbonyl (C=O) groups excluding carboxylic acids is 2. The van der Waals surface area contributed by atoms with Crippen LogP contribution in [0.25, 0.3) is 10.9 Å². The lowest BCUT2D eigenvalue weighted by Gasteiger charge is -2.19. The van der Waals surface area contributed by atoms with Crippen LogP contribution in [0, 0.1) is 6.92 Å². The molecule has 1 aromatic carbocycles. The lowest BCUT2D eigenvalue weighted by molar-refractivity contribution is 0.0520. The molecular weight excluding hydrogens is 398 g/mol. The lowest BCUT2D eigenvalue weighted by atomic mass is 10.1. The van der Waals surface area contributed by atoms with Crippen molar-refractivity contribution in [2.45, 2.75) is 33.3 Å². The molecule has 3 rings (SSSR count). The first-order chi connectivity index (χ1) is 14.7. The van der Waals surface area contributed by atoms with Gasteiger partial charge in [-0.1, -0.05) is 6.07 Å². The Hall–Kier alpha value is -3.75. The van der Waals surface area contributed by atoms with Crippen molar-refractivity contribution in [3.05, 3.63) is 54.2 Å². The van der Waals surface area contributed by atoms with Crippen LogP contribution in [0.3, 0.4) is 0 Å². The topological polar surface area (TPSA) is 115 Å². The molecule has 0 fully saturated rings. The predicted molar refractivity (Wildman–Crippen MR) is 116 cm³/mol. The average Bonchev–Trinajstić information content (AvgIpc) is 2.70. The van der Waals surface area contributed by atoms with Crippen LogP contribution < -0.4 is 15.4 Å². The largest absolute Gasteiger partial charge is 0.492 e. The number of nitrogens with one attached hydrogen (secondary N) is 2. The van der Waals surface area contributed by atoms with Gasteiger partial charge in [-0.05, 0) is 39.8 Å². The first kappa shape index (κ1) is 21.9. The highest BCUT2D eigenvalue weighted by Crippen LogP contribution is 2.28. The summed E-state index contributed by atoms with van der Waals surface area (Å²) in [5.74, 6) is 0.125. The van der Waals surface area contributed by atoms with E-state index in [4.69, 9.17) is 9.47 Å². The fraction of sp³-hybridized carbons (Fsp3) is 0.318. The maximum Gasteiger partial charge on any atom is 0.407 e. The fourth-order valence-electron chi connectivity index (χ4n) is 2.68. The zero-order valence-electron chi connectivity index (χ0n) is 17.9. The van der Waals surface area contributed by atoms with Crippen molar-refractivity contribution in [3.63, 3.8) is 0 Å². The number of fused-ring (bicyclic) bond motifs is 1. The van der Waals surface area contributed by atoms with Gasteiger partial charge in [0.1, 0.15) is 23.7 Å². The summed E-state index contributed by atoms with van der Waals surface area (Å²) in [7, 11) is 0. The highest BCUT2D eigenvalue weighted by atomic mass is 16.6. The summed E-state index contributed by atoms with van der Waals surface area (Å²) in [6.07, 6.45) is 4.09. The molecule has 2 heterocycles. The number of carbonyl (C=O) groups is 2. The van der Waals surface area contributed by atoms with Crippen molar-refractivity contribution in [3.8, 4) is 5.75 Å². The van der Waals surface area contributed by atoms with Crippen LogP contribution >= 0.6 is 0 Å². The van der Waals surface area contributed by atoms with Gasteiger partial charge in [0.05, 0.1) is 29.6 Å². The number of aromatic nitrogens is 3. The number of rotatable bonds is 6. The number of pyridine rings is 1. The lowest BCUT2D eigenvalue weighted by Crippen LogP contribution is -2.34. The summed E-state index contributed by atoms with van der Waals surface area (Å²) in [6.45, 7) is 7.67. The van der Waals surface area contributed by atoms with Gasteiger partial charge in [0, 0.05) is 23.8 Å². The second kappa shape index (κ2) is 9.38. The Labute approximate surface area is 180 Å². The third-order valence-corrected chi connectivity index (χ3v) is 3.98. The Morgan fingerprint density at radius 2 is 1.90 bits per heavy atom. The third kappa shape index (κ3) is 6.36. The summed E-state index contributed by atoms with van der Waals surface area (Å²) < 4.78 is 10.9. The first-order valence-electron chi connectivity index (χ1n) is 9.80. The summed E-state index contributed by atoms with van der Waals surface area (Å²) in [5.41, 5.74) is 1.46. The minimum atomic E-state index is -0.564. The molecule has 3 aromatic rings. The molecule has 0 bridgehead atoms. The summed E-state index contributed by atoms with van der Waals surface area (Å²) >= 11 is 0. The zero-order valence-corrected chi connectivity index (χ0v) is 17.9. The minimum absolute atomic E-state index is 0.197. The molecule has 2 amide bonds. The van der Waals surface area contributed by atoms with Gasteiger partial charge in [0.2, 0.25) is 0 Å². The van der Waals surface area contributed by atoms with E-state index in [9.17, 15) is 9.59 Å². The van der Waals surface area contributed by atoms with Gasteiger partial charge in [0.25, 0.3) is 5.91 Å². The molecule has 0 radical (unpaired) electrons. The van der Waals surface area contributed by atoms with E-state index < -0.39 is 17.6 Å². The average molecular weight is 423 g/mol. The van der Waals surface area contributed by atoms with Gasteiger partial charge < -0.3 is 20.1 Å². The summed E-state index contributed by atoms with van der Waals surface area (Å²) in [6, 6.07) is 7.17. The molecule has 0 aliphatic heterocycles. The number of alkyl carbamates (subject to hydrolysis) is 1.